The summed E-state index contributed by atoms with van der Waals surface area (Å²) in [5.74, 6) is -1.08. The van der Waals surface area contributed by atoms with Crippen LogP contribution in [0, 0.1) is 6.92 Å². The second-order valence-corrected chi connectivity index (χ2v) is 10.2. The van der Waals surface area contributed by atoms with Gasteiger partial charge in [-0.05, 0) is 56.0 Å². The smallest absolute Gasteiger partial charge is 0.261 e. The predicted molar refractivity (Wildman–Crippen MR) is 150 cm³/mol. The van der Waals surface area contributed by atoms with Gasteiger partial charge in [0.25, 0.3) is 11.8 Å². The van der Waals surface area contributed by atoms with E-state index in [2.05, 4.69) is 5.32 Å². The summed E-state index contributed by atoms with van der Waals surface area (Å²) in [6.45, 7) is 6.19. The maximum Gasteiger partial charge on any atom is 0.261 e. The molecule has 4 rings (SSSR count). The number of nitrogens with zero attached hydrogens (tertiary/aromatic N) is 2. The molecule has 7 nitrogen and oxygen atoms in total. The second kappa shape index (κ2) is 12.5. The van der Waals surface area contributed by atoms with Crippen molar-refractivity contribution in [2.24, 2.45) is 0 Å². The largest absolute Gasteiger partial charge is 0.352 e. The van der Waals surface area contributed by atoms with E-state index in [1.54, 1.807) is 29.2 Å². The number of nitrogens with one attached hydrogen (secondary N) is 1. The van der Waals surface area contributed by atoms with Crippen molar-refractivity contribution in [1.29, 1.82) is 0 Å². The first kappa shape index (κ1) is 27.8. The first-order valence-corrected chi connectivity index (χ1v) is 13.4. The van der Waals surface area contributed by atoms with Crippen LogP contribution in [0.5, 0.6) is 0 Å². The standard InChI is InChI=1S/C32H35N3O4/c1-22(2)33-30(37)28(20-24-13-5-4-6-14-24)35(21-25-15-8-7-12-23(25)3)29(36)18-11-19-34-31(38)26-16-9-10-17-27(26)32(34)39/h4-10,12-17,22,28H,11,18-21H2,1-3H3,(H,33,37)/t28-/m1/s1. The van der Waals surface area contributed by atoms with Crippen LogP contribution >= 0.6 is 0 Å². The Morgan fingerprint density at radius 1 is 0.846 bits per heavy atom. The number of fused-ring (bicyclic) bond motifs is 1. The fourth-order valence-corrected chi connectivity index (χ4v) is 4.88. The SMILES string of the molecule is Cc1ccccc1CN(C(=O)CCCN1C(=O)c2ccccc2C1=O)[C@H](Cc1ccccc1)C(=O)NC(C)C. The molecule has 4 amide bonds. The second-order valence-electron chi connectivity index (χ2n) is 10.2. The summed E-state index contributed by atoms with van der Waals surface area (Å²) in [7, 11) is 0. The van der Waals surface area contributed by atoms with Crippen LogP contribution in [0.3, 0.4) is 0 Å². The minimum atomic E-state index is -0.721. The third-order valence-corrected chi connectivity index (χ3v) is 6.95. The van der Waals surface area contributed by atoms with Crippen LogP contribution in [0.25, 0.3) is 0 Å². The summed E-state index contributed by atoms with van der Waals surface area (Å²) >= 11 is 0. The summed E-state index contributed by atoms with van der Waals surface area (Å²) in [4.78, 5) is 55.6. The molecule has 3 aromatic carbocycles. The maximum absolute atomic E-state index is 13.8. The average molecular weight is 526 g/mol. The van der Waals surface area contributed by atoms with Gasteiger partial charge >= 0.3 is 0 Å². The molecule has 1 aliphatic rings. The zero-order valence-electron chi connectivity index (χ0n) is 22.7. The highest BCUT2D eigenvalue weighted by molar-refractivity contribution is 6.21. The van der Waals surface area contributed by atoms with Crippen molar-refractivity contribution in [2.45, 2.75) is 58.7 Å². The van der Waals surface area contributed by atoms with Crippen molar-refractivity contribution in [3.63, 3.8) is 0 Å². The van der Waals surface area contributed by atoms with E-state index in [4.69, 9.17) is 0 Å². The molecule has 1 aliphatic heterocycles. The van der Waals surface area contributed by atoms with E-state index in [0.717, 1.165) is 16.7 Å². The summed E-state index contributed by atoms with van der Waals surface area (Å²) < 4.78 is 0. The number of benzene rings is 3. The van der Waals surface area contributed by atoms with E-state index in [-0.39, 0.29) is 49.2 Å². The quantitative estimate of drug-likeness (QED) is 0.373. The lowest BCUT2D eigenvalue weighted by Crippen LogP contribution is -2.52. The molecule has 7 heteroatoms. The van der Waals surface area contributed by atoms with E-state index in [9.17, 15) is 19.2 Å². The van der Waals surface area contributed by atoms with Gasteiger partial charge in [0.05, 0.1) is 11.1 Å². The van der Waals surface area contributed by atoms with Crippen LogP contribution in [-0.4, -0.2) is 52.1 Å². The van der Waals surface area contributed by atoms with Gasteiger partial charge in [-0.1, -0.05) is 66.7 Å². The van der Waals surface area contributed by atoms with Gasteiger partial charge in [-0.3, -0.25) is 24.1 Å². The molecule has 1 atom stereocenters. The van der Waals surface area contributed by atoms with Gasteiger partial charge < -0.3 is 10.2 Å². The topological polar surface area (TPSA) is 86.8 Å². The summed E-state index contributed by atoms with van der Waals surface area (Å²) in [6, 6.07) is 23.4. The Bertz CT molecular complexity index is 1320. The van der Waals surface area contributed by atoms with Gasteiger partial charge in [0.2, 0.25) is 11.8 Å². The molecule has 39 heavy (non-hydrogen) atoms. The van der Waals surface area contributed by atoms with Gasteiger partial charge in [-0.2, -0.15) is 0 Å². The number of carbonyl (C=O) groups excluding carboxylic acids is 4. The number of hydrogen-bond acceptors (Lipinski definition) is 4. The van der Waals surface area contributed by atoms with Crippen LogP contribution in [0.2, 0.25) is 0 Å². The lowest BCUT2D eigenvalue weighted by molar-refractivity contribution is -0.141. The molecule has 0 aromatic heterocycles. The normalized spacial score (nSPS) is 13.4. The minimum Gasteiger partial charge on any atom is -0.352 e. The van der Waals surface area contributed by atoms with E-state index in [1.165, 1.54) is 4.90 Å². The third kappa shape index (κ3) is 6.60. The van der Waals surface area contributed by atoms with E-state index < -0.39 is 6.04 Å². The lowest BCUT2D eigenvalue weighted by Gasteiger charge is -2.32. The molecule has 0 radical (unpaired) electrons. The molecule has 1 heterocycles. The van der Waals surface area contributed by atoms with Crippen molar-refractivity contribution in [3.05, 3.63) is 107 Å². The highest BCUT2D eigenvalue weighted by Crippen LogP contribution is 2.23. The van der Waals surface area contributed by atoms with E-state index in [0.29, 0.717) is 24.0 Å². The molecule has 0 saturated heterocycles. The molecule has 0 spiro atoms. The Kier molecular flexibility index (Phi) is 8.92. The van der Waals surface area contributed by atoms with Crippen molar-refractivity contribution in [1.82, 2.24) is 15.1 Å². The number of carbonyl (C=O) groups is 4. The van der Waals surface area contributed by atoms with Gasteiger partial charge in [-0.25, -0.2) is 0 Å². The van der Waals surface area contributed by atoms with Crippen LogP contribution in [0.4, 0.5) is 0 Å². The Balaban J connectivity index is 1.55. The average Bonchev–Trinajstić information content (AvgIpc) is 3.16. The fraction of sp³-hybridized carbons (Fsp3) is 0.312. The minimum absolute atomic E-state index is 0.0833. The van der Waals surface area contributed by atoms with Crippen LogP contribution < -0.4 is 5.32 Å². The van der Waals surface area contributed by atoms with Gasteiger partial charge in [0, 0.05) is 32.0 Å². The van der Waals surface area contributed by atoms with Crippen molar-refractivity contribution >= 4 is 23.6 Å². The predicted octanol–water partition coefficient (Wildman–Crippen LogP) is 4.54. The number of imide groups is 1. The van der Waals surface area contributed by atoms with Crippen molar-refractivity contribution < 1.29 is 19.2 Å². The van der Waals surface area contributed by atoms with Crippen LogP contribution in [0.15, 0.2) is 78.9 Å². The summed E-state index contributed by atoms with van der Waals surface area (Å²) in [5.41, 5.74) is 3.73. The molecule has 0 bridgehead atoms. The molecular weight excluding hydrogens is 490 g/mol. The number of aryl methyl sites for hydroxylation is 1. The molecule has 0 aliphatic carbocycles. The Labute approximate surface area is 229 Å². The van der Waals surface area contributed by atoms with E-state index in [1.807, 2.05) is 75.4 Å². The van der Waals surface area contributed by atoms with Crippen LogP contribution in [-0.2, 0) is 22.6 Å². The fourth-order valence-electron chi connectivity index (χ4n) is 4.88. The Morgan fingerprint density at radius 2 is 1.44 bits per heavy atom. The molecule has 202 valence electrons. The number of rotatable bonds is 11. The van der Waals surface area contributed by atoms with Crippen molar-refractivity contribution in [2.75, 3.05) is 6.54 Å². The van der Waals surface area contributed by atoms with E-state index >= 15 is 0 Å². The van der Waals surface area contributed by atoms with Gasteiger partial charge in [-0.15, -0.1) is 0 Å². The highest BCUT2D eigenvalue weighted by atomic mass is 16.2. The molecule has 3 aromatic rings. The monoisotopic (exact) mass is 525 g/mol. The van der Waals surface area contributed by atoms with Crippen molar-refractivity contribution in [3.8, 4) is 0 Å². The van der Waals surface area contributed by atoms with Crippen LogP contribution in [0.1, 0.15) is 64.1 Å². The third-order valence-electron chi connectivity index (χ3n) is 6.95. The highest BCUT2D eigenvalue weighted by Gasteiger charge is 2.35. The number of hydrogen-bond donors (Lipinski definition) is 1. The van der Waals surface area contributed by atoms with Gasteiger partial charge in [0.15, 0.2) is 0 Å². The zero-order chi connectivity index (χ0) is 27.9. The Morgan fingerprint density at radius 3 is 2.05 bits per heavy atom. The maximum atomic E-state index is 13.8. The molecule has 0 saturated carbocycles. The Hall–Kier alpha value is -4.26. The zero-order valence-corrected chi connectivity index (χ0v) is 22.7. The molecule has 0 unspecified atom stereocenters. The number of amides is 4. The molecule has 0 fully saturated rings. The molecule has 1 N–H and O–H groups in total. The first-order chi connectivity index (χ1) is 18.8. The lowest BCUT2D eigenvalue weighted by atomic mass is 10.0. The summed E-state index contributed by atoms with van der Waals surface area (Å²) in [6.07, 6.45) is 0.771. The summed E-state index contributed by atoms with van der Waals surface area (Å²) in [5, 5.41) is 2.99. The first-order valence-electron chi connectivity index (χ1n) is 13.4. The van der Waals surface area contributed by atoms with Gasteiger partial charge in [0.1, 0.15) is 6.04 Å². The molecular formula is C32H35N3O4.